The lowest BCUT2D eigenvalue weighted by Gasteiger charge is -2.26. The van der Waals surface area contributed by atoms with Gasteiger partial charge in [0.2, 0.25) is 0 Å². The van der Waals surface area contributed by atoms with Crippen molar-refractivity contribution in [2.24, 2.45) is 7.05 Å². The fourth-order valence-corrected chi connectivity index (χ4v) is 3.83. The molecule has 4 rings (SSSR count). The van der Waals surface area contributed by atoms with E-state index in [1.54, 1.807) is 12.1 Å². The zero-order valence-electron chi connectivity index (χ0n) is 18.4. The van der Waals surface area contributed by atoms with E-state index in [1.807, 2.05) is 0 Å². The monoisotopic (exact) mass is 511 g/mol. The van der Waals surface area contributed by atoms with E-state index in [-0.39, 0.29) is 43.4 Å². The minimum absolute atomic E-state index is 0.0124. The molecule has 1 aliphatic rings. The summed E-state index contributed by atoms with van der Waals surface area (Å²) < 4.78 is 47.6. The lowest BCUT2D eigenvalue weighted by Crippen LogP contribution is -2.43. The Morgan fingerprint density at radius 2 is 2.00 bits per heavy atom. The number of nitrogens with one attached hydrogen (secondary N) is 1. The molecule has 0 spiro atoms. The average Bonchev–Trinajstić information content (AvgIpc) is 3.16. The zero-order valence-corrected chi connectivity index (χ0v) is 19.2. The molecule has 9 nitrogen and oxygen atoms in total. The van der Waals surface area contributed by atoms with Crippen LogP contribution in [0.1, 0.15) is 17.7 Å². The standard InChI is InChI=1S/C22H21ClF3N5O4/c1-29-18-17(19(33)30(21(29)34)8-3-9-32)31(12-15-7-6-14(23)11-27-15)20(28-18)35-16-5-2-4-13(10-16)22(24,25)26/h2,4-7,10-11,20,28,32H,3,8-9,12H2,1H3. The molecule has 0 aliphatic carbocycles. The molecule has 35 heavy (non-hydrogen) atoms. The highest BCUT2D eigenvalue weighted by molar-refractivity contribution is 6.30. The Hall–Kier alpha value is -3.51. The molecule has 0 radical (unpaired) electrons. The van der Waals surface area contributed by atoms with E-state index in [4.69, 9.17) is 21.4 Å². The minimum Gasteiger partial charge on any atom is -0.452 e. The van der Waals surface area contributed by atoms with Crippen molar-refractivity contribution in [1.82, 2.24) is 14.1 Å². The first-order valence-electron chi connectivity index (χ1n) is 10.5. The Morgan fingerprint density at radius 1 is 1.23 bits per heavy atom. The van der Waals surface area contributed by atoms with Crippen LogP contribution in [0.15, 0.2) is 52.2 Å². The third kappa shape index (κ3) is 4.98. The van der Waals surface area contributed by atoms with Gasteiger partial charge in [0.1, 0.15) is 17.3 Å². The number of hydrogen-bond acceptors (Lipinski definition) is 7. The molecule has 0 amide bonds. The van der Waals surface area contributed by atoms with Gasteiger partial charge in [0.15, 0.2) is 0 Å². The predicted octanol–water partition coefficient (Wildman–Crippen LogP) is 2.79. The summed E-state index contributed by atoms with van der Waals surface area (Å²) in [6, 6.07) is 7.58. The SMILES string of the molecule is Cn1c2c(c(=O)n(CCCO)c1=O)N(Cc1ccc(Cl)cn1)C(Oc1cccc(C(F)(F)F)c1)N2. The first kappa shape index (κ1) is 24.6. The summed E-state index contributed by atoms with van der Waals surface area (Å²) in [5, 5.41) is 12.5. The van der Waals surface area contributed by atoms with Gasteiger partial charge in [0.25, 0.3) is 11.9 Å². The first-order valence-corrected chi connectivity index (χ1v) is 10.9. The van der Waals surface area contributed by atoms with Crippen LogP contribution in [0.3, 0.4) is 0 Å². The van der Waals surface area contributed by atoms with Crippen LogP contribution in [0, 0.1) is 0 Å². The van der Waals surface area contributed by atoms with Gasteiger partial charge >= 0.3 is 11.9 Å². The highest BCUT2D eigenvalue weighted by Crippen LogP contribution is 2.35. The Labute approximate surface area is 202 Å². The van der Waals surface area contributed by atoms with Crippen LogP contribution in [-0.2, 0) is 26.3 Å². The summed E-state index contributed by atoms with van der Waals surface area (Å²) in [4.78, 5) is 31.8. The Balaban J connectivity index is 1.78. The second-order valence-corrected chi connectivity index (χ2v) is 8.24. The number of pyridine rings is 1. The fraction of sp³-hybridized carbons (Fsp3) is 0.318. The largest absolute Gasteiger partial charge is 0.452 e. The summed E-state index contributed by atoms with van der Waals surface area (Å²) in [7, 11) is 1.45. The number of fused-ring (bicyclic) bond motifs is 1. The van der Waals surface area contributed by atoms with Crippen molar-refractivity contribution in [2.75, 3.05) is 16.8 Å². The number of hydrogen-bond donors (Lipinski definition) is 2. The number of halogens is 4. The van der Waals surface area contributed by atoms with Gasteiger partial charge in [-0.3, -0.25) is 18.9 Å². The molecule has 2 aromatic heterocycles. The molecule has 1 atom stereocenters. The van der Waals surface area contributed by atoms with Gasteiger partial charge in [-0.25, -0.2) is 4.79 Å². The van der Waals surface area contributed by atoms with Crippen LogP contribution in [0.5, 0.6) is 5.75 Å². The van der Waals surface area contributed by atoms with E-state index in [0.29, 0.717) is 10.7 Å². The van der Waals surface area contributed by atoms with Crippen molar-refractivity contribution in [3.05, 3.63) is 79.7 Å². The van der Waals surface area contributed by atoms with Crippen LogP contribution in [-0.4, -0.2) is 32.2 Å². The van der Waals surface area contributed by atoms with E-state index in [1.165, 1.54) is 34.8 Å². The zero-order chi connectivity index (χ0) is 25.3. The van der Waals surface area contributed by atoms with E-state index >= 15 is 0 Å². The Morgan fingerprint density at radius 3 is 2.66 bits per heavy atom. The number of benzene rings is 1. The quantitative estimate of drug-likeness (QED) is 0.503. The minimum atomic E-state index is -4.57. The summed E-state index contributed by atoms with van der Waals surface area (Å²) >= 11 is 5.91. The Kier molecular flexibility index (Phi) is 6.77. The number of nitrogens with zero attached hydrogens (tertiary/aromatic N) is 4. The molecule has 3 heterocycles. The fourth-order valence-electron chi connectivity index (χ4n) is 3.72. The maximum atomic E-state index is 13.3. The number of anilines is 2. The molecule has 0 saturated carbocycles. The lowest BCUT2D eigenvalue weighted by atomic mass is 10.2. The first-order chi connectivity index (χ1) is 16.6. The van der Waals surface area contributed by atoms with Crippen molar-refractivity contribution in [1.29, 1.82) is 0 Å². The van der Waals surface area contributed by atoms with Crippen molar-refractivity contribution in [3.63, 3.8) is 0 Å². The molecule has 2 N–H and O–H groups in total. The van der Waals surface area contributed by atoms with Crippen LogP contribution in [0.4, 0.5) is 24.7 Å². The molecule has 3 aromatic rings. The molecule has 0 bridgehead atoms. The highest BCUT2D eigenvalue weighted by Gasteiger charge is 2.37. The third-order valence-electron chi connectivity index (χ3n) is 5.43. The van der Waals surface area contributed by atoms with Gasteiger partial charge in [-0.2, -0.15) is 13.2 Å². The van der Waals surface area contributed by atoms with Gasteiger partial charge in [-0.15, -0.1) is 0 Å². The number of aliphatic hydroxyl groups is 1. The predicted molar refractivity (Wildman–Crippen MR) is 123 cm³/mol. The van der Waals surface area contributed by atoms with E-state index in [9.17, 15) is 22.8 Å². The Bertz CT molecular complexity index is 1340. The van der Waals surface area contributed by atoms with Gasteiger partial charge in [-0.1, -0.05) is 17.7 Å². The van der Waals surface area contributed by atoms with E-state index in [2.05, 4.69) is 10.3 Å². The molecule has 0 fully saturated rings. The maximum absolute atomic E-state index is 13.3. The molecule has 1 aromatic carbocycles. The molecule has 1 aliphatic heterocycles. The topological polar surface area (TPSA) is 102 Å². The molecule has 1 unspecified atom stereocenters. The number of rotatable bonds is 7. The highest BCUT2D eigenvalue weighted by atomic mass is 35.5. The maximum Gasteiger partial charge on any atom is 0.416 e. The molecule has 13 heteroatoms. The van der Waals surface area contributed by atoms with Gasteiger partial charge in [-0.05, 0) is 36.8 Å². The van der Waals surface area contributed by atoms with Crippen molar-refractivity contribution in [3.8, 4) is 5.75 Å². The molecular weight excluding hydrogens is 491 g/mol. The molecule has 186 valence electrons. The summed E-state index contributed by atoms with van der Waals surface area (Å²) in [6.45, 7) is -0.208. The summed E-state index contributed by atoms with van der Waals surface area (Å²) in [5.74, 6) is 0.0518. The summed E-state index contributed by atoms with van der Waals surface area (Å²) in [5.41, 5.74) is -1.56. The third-order valence-corrected chi connectivity index (χ3v) is 5.65. The lowest BCUT2D eigenvalue weighted by molar-refractivity contribution is -0.137. The van der Waals surface area contributed by atoms with Crippen LogP contribution in [0.2, 0.25) is 5.02 Å². The van der Waals surface area contributed by atoms with Crippen molar-refractivity contribution >= 4 is 23.1 Å². The average molecular weight is 512 g/mol. The van der Waals surface area contributed by atoms with Crippen LogP contribution < -0.4 is 26.2 Å². The normalized spacial score (nSPS) is 15.1. The van der Waals surface area contributed by atoms with Crippen LogP contribution >= 0.6 is 11.6 Å². The van der Waals surface area contributed by atoms with Gasteiger partial charge < -0.3 is 20.1 Å². The number of aromatic nitrogens is 3. The molecular formula is C22H21ClF3N5O4. The van der Waals surface area contributed by atoms with Gasteiger partial charge in [0, 0.05) is 26.4 Å². The number of aliphatic hydroxyl groups excluding tert-OH is 1. The number of alkyl halides is 3. The molecule has 0 saturated heterocycles. The van der Waals surface area contributed by atoms with E-state index < -0.39 is 29.3 Å². The summed E-state index contributed by atoms with van der Waals surface area (Å²) in [6.07, 6.45) is -4.09. The second-order valence-electron chi connectivity index (χ2n) is 7.81. The van der Waals surface area contributed by atoms with Crippen molar-refractivity contribution in [2.45, 2.75) is 32.0 Å². The van der Waals surface area contributed by atoms with Crippen LogP contribution in [0.25, 0.3) is 0 Å². The second kappa shape index (κ2) is 9.62. The van der Waals surface area contributed by atoms with E-state index in [0.717, 1.165) is 16.7 Å². The number of ether oxygens (including phenoxy) is 1. The smallest absolute Gasteiger partial charge is 0.416 e. The van der Waals surface area contributed by atoms with Crippen molar-refractivity contribution < 1.29 is 23.0 Å². The van der Waals surface area contributed by atoms with Gasteiger partial charge in [0.05, 0.1) is 22.8 Å².